The molecule has 1 aromatic heterocycles. The second-order valence-electron chi connectivity index (χ2n) is 3.40. The first-order chi connectivity index (χ1) is 7.40. The van der Waals surface area contributed by atoms with Crippen LogP contribution in [0.25, 0.3) is 0 Å². The molecule has 4 heteroatoms. The van der Waals surface area contributed by atoms with Crippen LogP contribution in [0.3, 0.4) is 0 Å². The average Bonchev–Trinajstić information content (AvgIpc) is 2.68. The maximum absolute atomic E-state index is 5.50. The fourth-order valence-corrected chi connectivity index (χ4v) is 1.51. The van der Waals surface area contributed by atoms with Gasteiger partial charge < -0.3 is 10.3 Å². The highest BCUT2D eigenvalue weighted by Crippen LogP contribution is 2.04. The molecular formula is C11H14N4. The number of rotatable bonds is 4. The largest absolute Gasteiger partial charge is 0.330 e. The van der Waals surface area contributed by atoms with Gasteiger partial charge in [0.1, 0.15) is 12.2 Å². The van der Waals surface area contributed by atoms with E-state index in [2.05, 4.69) is 22.3 Å². The Labute approximate surface area is 88.8 Å². The summed E-state index contributed by atoms with van der Waals surface area (Å²) in [6.07, 6.45) is 2.52. The molecule has 0 aliphatic carbocycles. The SMILES string of the molecule is NCCc1nncn1Cc1ccccc1. The molecule has 0 radical (unpaired) electrons. The van der Waals surface area contributed by atoms with Gasteiger partial charge in [-0.15, -0.1) is 10.2 Å². The van der Waals surface area contributed by atoms with Crippen LogP contribution in [0.4, 0.5) is 0 Å². The Morgan fingerprint density at radius 2 is 2.00 bits per heavy atom. The van der Waals surface area contributed by atoms with Gasteiger partial charge in [-0.25, -0.2) is 0 Å². The van der Waals surface area contributed by atoms with Crippen LogP contribution < -0.4 is 5.73 Å². The summed E-state index contributed by atoms with van der Waals surface area (Å²) in [4.78, 5) is 0. The molecule has 1 aromatic carbocycles. The lowest BCUT2D eigenvalue weighted by molar-refractivity contribution is 0.716. The average molecular weight is 202 g/mol. The summed E-state index contributed by atoms with van der Waals surface area (Å²) in [6, 6.07) is 10.2. The molecule has 0 bridgehead atoms. The Hall–Kier alpha value is -1.68. The predicted molar refractivity (Wildman–Crippen MR) is 58.3 cm³/mol. The third kappa shape index (κ3) is 2.41. The molecule has 15 heavy (non-hydrogen) atoms. The minimum atomic E-state index is 0.605. The zero-order valence-corrected chi connectivity index (χ0v) is 8.50. The zero-order chi connectivity index (χ0) is 10.5. The summed E-state index contributed by atoms with van der Waals surface area (Å²) < 4.78 is 2.03. The Bertz CT molecular complexity index is 408. The molecule has 1 heterocycles. The summed E-state index contributed by atoms with van der Waals surface area (Å²) in [6.45, 7) is 1.41. The van der Waals surface area contributed by atoms with Crippen molar-refractivity contribution in [1.82, 2.24) is 14.8 Å². The first-order valence-corrected chi connectivity index (χ1v) is 5.01. The molecule has 2 aromatic rings. The number of benzene rings is 1. The molecule has 0 saturated heterocycles. The minimum absolute atomic E-state index is 0.605. The van der Waals surface area contributed by atoms with Crippen LogP contribution in [0.15, 0.2) is 36.7 Å². The summed E-state index contributed by atoms with van der Waals surface area (Å²) in [5.74, 6) is 0.946. The van der Waals surface area contributed by atoms with E-state index in [1.54, 1.807) is 6.33 Å². The van der Waals surface area contributed by atoms with Crippen molar-refractivity contribution in [2.45, 2.75) is 13.0 Å². The van der Waals surface area contributed by atoms with Gasteiger partial charge in [-0.3, -0.25) is 0 Å². The number of nitrogens with two attached hydrogens (primary N) is 1. The van der Waals surface area contributed by atoms with Gasteiger partial charge >= 0.3 is 0 Å². The van der Waals surface area contributed by atoms with Crippen molar-refractivity contribution in [2.24, 2.45) is 5.73 Å². The van der Waals surface area contributed by atoms with Crippen LogP contribution in [-0.2, 0) is 13.0 Å². The van der Waals surface area contributed by atoms with Crippen molar-refractivity contribution in [3.05, 3.63) is 48.0 Å². The highest BCUT2D eigenvalue weighted by Gasteiger charge is 2.02. The van der Waals surface area contributed by atoms with Gasteiger partial charge in [0.15, 0.2) is 0 Å². The lowest BCUT2D eigenvalue weighted by atomic mass is 10.2. The van der Waals surface area contributed by atoms with E-state index in [9.17, 15) is 0 Å². The minimum Gasteiger partial charge on any atom is -0.330 e. The third-order valence-corrected chi connectivity index (χ3v) is 2.26. The van der Waals surface area contributed by atoms with Gasteiger partial charge in [0, 0.05) is 6.42 Å². The van der Waals surface area contributed by atoms with Crippen LogP contribution in [0.2, 0.25) is 0 Å². The van der Waals surface area contributed by atoms with Gasteiger partial charge in [-0.1, -0.05) is 30.3 Å². The fourth-order valence-electron chi connectivity index (χ4n) is 1.51. The second-order valence-corrected chi connectivity index (χ2v) is 3.40. The molecule has 4 nitrogen and oxygen atoms in total. The van der Waals surface area contributed by atoms with Crippen molar-refractivity contribution in [1.29, 1.82) is 0 Å². The van der Waals surface area contributed by atoms with Crippen LogP contribution in [-0.4, -0.2) is 21.3 Å². The van der Waals surface area contributed by atoms with Gasteiger partial charge in [-0.05, 0) is 12.1 Å². The lowest BCUT2D eigenvalue weighted by Gasteiger charge is -2.05. The van der Waals surface area contributed by atoms with Crippen molar-refractivity contribution in [2.75, 3.05) is 6.54 Å². The predicted octanol–water partition coefficient (Wildman–Crippen LogP) is 0.828. The van der Waals surface area contributed by atoms with Crippen LogP contribution in [0.1, 0.15) is 11.4 Å². The van der Waals surface area contributed by atoms with Crippen molar-refractivity contribution < 1.29 is 0 Å². The molecule has 0 amide bonds. The number of aromatic nitrogens is 3. The first kappa shape index (κ1) is 9.86. The Kier molecular flexibility index (Phi) is 3.09. The smallest absolute Gasteiger partial charge is 0.134 e. The molecule has 2 rings (SSSR count). The monoisotopic (exact) mass is 202 g/mol. The molecule has 0 spiro atoms. The Balaban J connectivity index is 2.14. The Morgan fingerprint density at radius 3 is 2.73 bits per heavy atom. The summed E-state index contributed by atoms with van der Waals surface area (Å²) in [5, 5.41) is 7.93. The van der Waals surface area contributed by atoms with Gasteiger partial charge in [0.2, 0.25) is 0 Å². The van der Waals surface area contributed by atoms with E-state index in [-0.39, 0.29) is 0 Å². The highest BCUT2D eigenvalue weighted by molar-refractivity contribution is 5.15. The third-order valence-electron chi connectivity index (χ3n) is 2.26. The van der Waals surface area contributed by atoms with E-state index in [1.807, 2.05) is 22.8 Å². The number of nitrogens with zero attached hydrogens (tertiary/aromatic N) is 3. The molecule has 78 valence electrons. The quantitative estimate of drug-likeness (QED) is 0.798. The molecule has 0 saturated carbocycles. The molecule has 0 aliphatic heterocycles. The summed E-state index contributed by atoms with van der Waals surface area (Å²) in [7, 11) is 0. The fraction of sp³-hybridized carbons (Fsp3) is 0.273. The van der Waals surface area contributed by atoms with E-state index < -0.39 is 0 Å². The first-order valence-electron chi connectivity index (χ1n) is 5.01. The van der Waals surface area contributed by atoms with E-state index in [4.69, 9.17) is 5.73 Å². The van der Waals surface area contributed by atoms with Crippen LogP contribution >= 0.6 is 0 Å². The van der Waals surface area contributed by atoms with Crippen molar-refractivity contribution >= 4 is 0 Å². The number of hydrogen-bond donors (Lipinski definition) is 1. The van der Waals surface area contributed by atoms with E-state index in [1.165, 1.54) is 5.56 Å². The maximum atomic E-state index is 5.50. The molecule has 0 unspecified atom stereocenters. The molecule has 0 aliphatic rings. The van der Waals surface area contributed by atoms with Crippen molar-refractivity contribution in [3.8, 4) is 0 Å². The van der Waals surface area contributed by atoms with Gasteiger partial charge in [0.05, 0.1) is 6.54 Å². The maximum Gasteiger partial charge on any atom is 0.134 e. The highest BCUT2D eigenvalue weighted by atomic mass is 15.3. The van der Waals surface area contributed by atoms with Crippen molar-refractivity contribution in [3.63, 3.8) is 0 Å². The second kappa shape index (κ2) is 4.70. The van der Waals surface area contributed by atoms with E-state index in [0.29, 0.717) is 6.54 Å². The molecule has 0 fully saturated rings. The Morgan fingerprint density at radius 1 is 1.20 bits per heavy atom. The van der Waals surface area contributed by atoms with Gasteiger partial charge in [0.25, 0.3) is 0 Å². The molecule has 2 N–H and O–H groups in total. The number of hydrogen-bond acceptors (Lipinski definition) is 3. The molecule has 0 atom stereocenters. The van der Waals surface area contributed by atoms with Crippen LogP contribution in [0.5, 0.6) is 0 Å². The molecular weight excluding hydrogens is 188 g/mol. The van der Waals surface area contributed by atoms with Gasteiger partial charge in [-0.2, -0.15) is 0 Å². The lowest BCUT2D eigenvalue weighted by Crippen LogP contribution is -2.10. The standard InChI is InChI=1S/C11H14N4/c12-7-6-11-14-13-9-15(11)8-10-4-2-1-3-5-10/h1-5,9H,6-8,12H2. The zero-order valence-electron chi connectivity index (χ0n) is 8.50. The summed E-state index contributed by atoms with van der Waals surface area (Å²) in [5.41, 5.74) is 6.75. The topological polar surface area (TPSA) is 56.7 Å². The van der Waals surface area contributed by atoms with E-state index in [0.717, 1.165) is 18.8 Å². The van der Waals surface area contributed by atoms with E-state index >= 15 is 0 Å². The normalized spacial score (nSPS) is 10.5. The summed E-state index contributed by atoms with van der Waals surface area (Å²) >= 11 is 0. The van der Waals surface area contributed by atoms with Crippen LogP contribution in [0, 0.1) is 0 Å².